The number of carbonyl (C=O) groups excluding carboxylic acids is 2. The summed E-state index contributed by atoms with van der Waals surface area (Å²) < 4.78 is 5.00. The largest absolute Gasteiger partial charge is 0.444 e. The fourth-order valence-corrected chi connectivity index (χ4v) is 1.23. The molecule has 0 spiro atoms. The van der Waals surface area contributed by atoms with Crippen LogP contribution in [0.1, 0.15) is 20.8 Å². The van der Waals surface area contributed by atoms with E-state index in [2.05, 4.69) is 10.6 Å². The zero-order valence-corrected chi connectivity index (χ0v) is 10.3. The first-order valence-electron chi connectivity index (χ1n) is 5.48. The topological polar surface area (TPSA) is 67.4 Å². The third kappa shape index (κ3) is 5.75. The van der Waals surface area contributed by atoms with Gasteiger partial charge in [0.25, 0.3) is 0 Å². The standard InChI is InChI=1S/C12H18N2O3/c1-12(2,3)17-11(16)13-8-10(15)14-9-6-4-5-7-9/h4-7,9H,8H2,1-3H3,(H,13,16)(H,14,15). The Hall–Kier alpha value is -1.78. The summed E-state index contributed by atoms with van der Waals surface area (Å²) in [6.45, 7) is 5.20. The van der Waals surface area contributed by atoms with E-state index in [-0.39, 0.29) is 18.5 Å². The van der Waals surface area contributed by atoms with Crippen molar-refractivity contribution in [2.24, 2.45) is 0 Å². The van der Waals surface area contributed by atoms with Gasteiger partial charge in [-0.1, -0.05) is 24.3 Å². The van der Waals surface area contributed by atoms with E-state index in [1.807, 2.05) is 24.3 Å². The summed E-state index contributed by atoms with van der Waals surface area (Å²) in [5.74, 6) is -0.253. The Labute approximate surface area is 101 Å². The molecule has 2 amide bonds. The monoisotopic (exact) mass is 238 g/mol. The van der Waals surface area contributed by atoms with Crippen LogP contribution in [0, 0.1) is 0 Å². The maximum absolute atomic E-state index is 11.4. The number of ether oxygens (including phenoxy) is 1. The van der Waals surface area contributed by atoms with Gasteiger partial charge in [-0.25, -0.2) is 4.79 Å². The Morgan fingerprint density at radius 3 is 2.35 bits per heavy atom. The van der Waals surface area contributed by atoms with Crippen molar-refractivity contribution in [1.29, 1.82) is 0 Å². The third-order valence-corrected chi connectivity index (χ3v) is 1.87. The number of hydrogen-bond donors (Lipinski definition) is 2. The van der Waals surface area contributed by atoms with E-state index in [1.165, 1.54) is 0 Å². The van der Waals surface area contributed by atoms with Crippen LogP contribution in [-0.2, 0) is 9.53 Å². The zero-order chi connectivity index (χ0) is 12.9. The van der Waals surface area contributed by atoms with Gasteiger partial charge in [0.1, 0.15) is 12.1 Å². The highest BCUT2D eigenvalue weighted by Gasteiger charge is 2.17. The summed E-state index contributed by atoms with van der Waals surface area (Å²) >= 11 is 0. The molecule has 0 aromatic rings. The Kier molecular flexibility index (Phi) is 4.31. The molecule has 0 aromatic carbocycles. The molecule has 0 radical (unpaired) electrons. The van der Waals surface area contributed by atoms with Gasteiger partial charge in [0, 0.05) is 0 Å². The molecule has 0 fully saturated rings. The summed E-state index contributed by atoms with van der Waals surface area (Å²) in [5, 5.41) is 5.11. The molecule has 2 N–H and O–H groups in total. The van der Waals surface area contributed by atoms with Crippen LogP contribution in [0.2, 0.25) is 0 Å². The van der Waals surface area contributed by atoms with Gasteiger partial charge in [-0.05, 0) is 20.8 Å². The number of allylic oxidation sites excluding steroid dienone is 2. The van der Waals surface area contributed by atoms with E-state index in [1.54, 1.807) is 20.8 Å². The number of carbonyl (C=O) groups is 2. The average Bonchev–Trinajstić information content (AvgIpc) is 2.64. The minimum Gasteiger partial charge on any atom is -0.444 e. The van der Waals surface area contributed by atoms with Crippen molar-refractivity contribution >= 4 is 12.0 Å². The van der Waals surface area contributed by atoms with Gasteiger partial charge in [-0.2, -0.15) is 0 Å². The highest BCUT2D eigenvalue weighted by atomic mass is 16.6. The first-order chi connectivity index (χ1) is 7.87. The minimum absolute atomic E-state index is 0.0806. The molecule has 94 valence electrons. The van der Waals surface area contributed by atoms with Crippen molar-refractivity contribution in [2.75, 3.05) is 6.54 Å². The zero-order valence-electron chi connectivity index (χ0n) is 10.3. The van der Waals surface area contributed by atoms with Gasteiger partial charge in [0.2, 0.25) is 5.91 Å². The molecule has 0 unspecified atom stereocenters. The summed E-state index contributed by atoms with van der Waals surface area (Å²) in [7, 11) is 0. The molecular weight excluding hydrogens is 220 g/mol. The molecule has 0 aromatic heterocycles. The van der Waals surface area contributed by atoms with E-state index < -0.39 is 11.7 Å². The van der Waals surface area contributed by atoms with E-state index in [9.17, 15) is 9.59 Å². The van der Waals surface area contributed by atoms with Crippen molar-refractivity contribution < 1.29 is 14.3 Å². The molecule has 1 aliphatic carbocycles. The van der Waals surface area contributed by atoms with Crippen molar-refractivity contribution in [3.63, 3.8) is 0 Å². The maximum atomic E-state index is 11.4. The summed E-state index contributed by atoms with van der Waals surface area (Å²) in [5.41, 5.74) is -0.558. The van der Waals surface area contributed by atoms with Gasteiger partial charge >= 0.3 is 6.09 Å². The van der Waals surface area contributed by atoms with Crippen LogP contribution in [-0.4, -0.2) is 30.2 Å². The Bertz CT molecular complexity index is 341. The van der Waals surface area contributed by atoms with Crippen molar-refractivity contribution in [3.8, 4) is 0 Å². The lowest BCUT2D eigenvalue weighted by Gasteiger charge is -2.19. The first-order valence-corrected chi connectivity index (χ1v) is 5.48. The second-order valence-electron chi connectivity index (χ2n) is 4.72. The lowest BCUT2D eigenvalue weighted by atomic mass is 10.2. The van der Waals surface area contributed by atoms with Crippen LogP contribution < -0.4 is 10.6 Å². The molecule has 0 bridgehead atoms. The molecule has 0 atom stereocenters. The minimum atomic E-state index is -0.592. The van der Waals surface area contributed by atoms with Crippen LogP contribution in [0.25, 0.3) is 0 Å². The van der Waals surface area contributed by atoms with E-state index >= 15 is 0 Å². The number of alkyl carbamates (subject to hydrolysis) is 1. The third-order valence-electron chi connectivity index (χ3n) is 1.87. The Morgan fingerprint density at radius 1 is 1.24 bits per heavy atom. The molecule has 5 nitrogen and oxygen atoms in total. The molecular formula is C12H18N2O3. The molecule has 17 heavy (non-hydrogen) atoms. The van der Waals surface area contributed by atoms with Gasteiger partial charge in [0.15, 0.2) is 0 Å². The van der Waals surface area contributed by atoms with Crippen LogP contribution in [0.3, 0.4) is 0 Å². The van der Waals surface area contributed by atoms with Gasteiger partial charge in [0.05, 0.1) is 6.04 Å². The fraction of sp³-hybridized carbons (Fsp3) is 0.500. The van der Waals surface area contributed by atoms with E-state index in [0.29, 0.717) is 0 Å². The van der Waals surface area contributed by atoms with E-state index in [0.717, 1.165) is 0 Å². The predicted octanol–water partition coefficient (Wildman–Crippen LogP) is 1.12. The number of rotatable bonds is 3. The molecule has 0 saturated carbocycles. The smallest absolute Gasteiger partial charge is 0.408 e. The summed E-state index contributed by atoms with van der Waals surface area (Å²) in [6, 6.07) is -0.0806. The number of hydrogen-bond acceptors (Lipinski definition) is 3. The SMILES string of the molecule is CC(C)(C)OC(=O)NCC(=O)NC1C=CC=C1. The highest BCUT2D eigenvalue weighted by molar-refractivity contribution is 5.82. The van der Waals surface area contributed by atoms with Crippen molar-refractivity contribution in [3.05, 3.63) is 24.3 Å². The second kappa shape index (κ2) is 5.52. The first kappa shape index (κ1) is 13.3. The Balaban J connectivity index is 2.21. The van der Waals surface area contributed by atoms with Gasteiger partial charge in [-0.3, -0.25) is 4.79 Å². The van der Waals surface area contributed by atoms with Crippen LogP contribution in [0.4, 0.5) is 4.79 Å². The fourth-order valence-electron chi connectivity index (χ4n) is 1.23. The average molecular weight is 238 g/mol. The van der Waals surface area contributed by atoms with Gasteiger partial charge < -0.3 is 15.4 Å². The number of amides is 2. The number of nitrogens with one attached hydrogen (secondary N) is 2. The van der Waals surface area contributed by atoms with Crippen LogP contribution >= 0.6 is 0 Å². The molecule has 1 aliphatic rings. The van der Waals surface area contributed by atoms with Crippen molar-refractivity contribution in [2.45, 2.75) is 32.4 Å². The quantitative estimate of drug-likeness (QED) is 0.774. The van der Waals surface area contributed by atoms with Gasteiger partial charge in [-0.15, -0.1) is 0 Å². The molecule has 0 saturated heterocycles. The second-order valence-corrected chi connectivity index (χ2v) is 4.72. The highest BCUT2D eigenvalue weighted by Crippen LogP contribution is 2.06. The maximum Gasteiger partial charge on any atom is 0.408 e. The Morgan fingerprint density at radius 2 is 1.82 bits per heavy atom. The summed E-state index contributed by atoms with van der Waals surface area (Å²) in [4.78, 5) is 22.7. The molecule has 0 aliphatic heterocycles. The predicted molar refractivity (Wildman–Crippen MR) is 64.4 cm³/mol. The lowest BCUT2D eigenvalue weighted by molar-refractivity contribution is -0.120. The lowest BCUT2D eigenvalue weighted by Crippen LogP contribution is -2.42. The van der Waals surface area contributed by atoms with E-state index in [4.69, 9.17) is 4.74 Å². The molecule has 5 heteroatoms. The van der Waals surface area contributed by atoms with Crippen LogP contribution in [0.5, 0.6) is 0 Å². The summed E-state index contributed by atoms with van der Waals surface area (Å²) in [6.07, 6.45) is 6.82. The van der Waals surface area contributed by atoms with Crippen molar-refractivity contribution in [1.82, 2.24) is 10.6 Å². The molecule has 1 rings (SSSR count). The molecule has 0 heterocycles. The normalized spacial score (nSPS) is 14.8. The van der Waals surface area contributed by atoms with Crippen LogP contribution in [0.15, 0.2) is 24.3 Å².